The molecule has 1 aliphatic carbocycles. The average molecular weight is 430 g/mol. The Labute approximate surface area is 186 Å². The summed E-state index contributed by atoms with van der Waals surface area (Å²) in [5, 5.41) is 20.7. The summed E-state index contributed by atoms with van der Waals surface area (Å²) in [6.07, 6.45) is 12.4. The Bertz CT molecular complexity index is 442. The van der Waals surface area contributed by atoms with Crippen LogP contribution in [0, 0.1) is 0 Å². The number of rotatable bonds is 8. The zero-order valence-electron chi connectivity index (χ0n) is 21.1. The van der Waals surface area contributed by atoms with Gasteiger partial charge >= 0.3 is 0 Å². The van der Waals surface area contributed by atoms with Crippen molar-refractivity contribution in [2.45, 2.75) is 161 Å². The second-order valence-electron chi connectivity index (χ2n) is 10.8. The number of nitrogens with zero attached hydrogens (tertiary/aromatic N) is 1. The maximum absolute atomic E-state index is 9.80. The van der Waals surface area contributed by atoms with E-state index >= 15 is 0 Å². The fourth-order valence-corrected chi connectivity index (χ4v) is 4.84. The smallest absolute Gasteiger partial charge is 0.0580 e. The van der Waals surface area contributed by atoms with Gasteiger partial charge in [-0.25, -0.2) is 0 Å². The fourth-order valence-electron chi connectivity index (χ4n) is 4.84. The van der Waals surface area contributed by atoms with Crippen LogP contribution in [0.15, 0.2) is 0 Å². The van der Waals surface area contributed by atoms with E-state index in [1.807, 2.05) is 27.7 Å². The molecule has 2 rings (SSSR count). The molecule has 5 nitrogen and oxygen atoms in total. The Hall–Kier alpha value is -0.200. The standard InChI is InChI=1S/C16H32O2.C9H19NO2/c1-5-7-8-14(4)18-16-11-9-15(10-12-16)17-13(3)6-2;1-8(2)5-7(11)6-9(3,4)10(8)12/h13-16H,5-12H2,1-4H3;7,11-12H,5-6H2,1-4H3. The monoisotopic (exact) mass is 429 g/mol. The molecule has 0 spiro atoms. The maximum Gasteiger partial charge on any atom is 0.0580 e. The number of aliphatic hydroxyl groups is 1. The molecular formula is C25H51NO4. The second kappa shape index (κ2) is 12.7. The Kier molecular flexibility index (Phi) is 11.8. The van der Waals surface area contributed by atoms with Gasteiger partial charge < -0.3 is 19.8 Å². The predicted molar refractivity (Wildman–Crippen MR) is 124 cm³/mol. The van der Waals surface area contributed by atoms with Gasteiger partial charge in [-0.15, -0.1) is 0 Å². The van der Waals surface area contributed by atoms with Crippen LogP contribution in [0.4, 0.5) is 0 Å². The molecule has 1 saturated heterocycles. The lowest BCUT2D eigenvalue weighted by atomic mass is 9.80. The minimum absolute atomic E-state index is 0.293. The Morgan fingerprint density at radius 1 is 0.867 bits per heavy atom. The SMILES string of the molecule is CC1(C)CC(O)CC(C)(C)N1O.CCCCC(C)OC1CCC(OC(C)CC)CC1. The summed E-state index contributed by atoms with van der Waals surface area (Å²) < 4.78 is 12.1. The van der Waals surface area contributed by atoms with Gasteiger partial charge in [-0.3, -0.25) is 0 Å². The van der Waals surface area contributed by atoms with Crippen molar-refractivity contribution in [3.05, 3.63) is 0 Å². The lowest BCUT2D eigenvalue weighted by molar-refractivity contribution is -0.257. The molecule has 0 radical (unpaired) electrons. The molecule has 1 aliphatic heterocycles. The first-order chi connectivity index (χ1) is 13.9. The number of unbranched alkanes of at least 4 members (excludes halogenated alkanes) is 1. The summed E-state index contributed by atoms with van der Waals surface area (Å²) in [6.45, 7) is 16.6. The number of aliphatic hydroxyl groups excluding tert-OH is 1. The summed E-state index contributed by atoms with van der Waals surface area (Å²) in [6, 6.07) is 0. The van der Waals surface area contributed by atoms with Gasteiger partial charge in [0.1, 0.15) is 0 Å². The summed E-state index contributed by atoms with van der Waals surface area (Å²) in [5.41, 5.74) is -0.637. The van der Waals surface area contributed by atoms with Crippen molar-refractivity contribution in [2.75, 3.05) is 0 Å². The first-order valence-electron chi connectivity index (χ1n) is 12.4. The van der Waals surface area contributed by atoms with Crippen molar-refractivity contribution < 1.29 is 19.8 Å². The van der Waals surface area contributed by atoms with Crippen molar-refractivity contribution in [3.8, 4) is 0 Å². The molecule has 0 bridgehead atoms. The number of hydrogen-bond donors (Lipinski definition) is 2. The van der Waals surface area contributed by atoms with E-state index < -0.39 is 0 Å². The van der Waals surface area contributed by atoms with Crippen LogP contribution in [0.5, 0.6) is 0 Å². The average Bonchev–Trinajstić information content (AvgIpc) is 2.65. The maximum atomic E-state index is 9.80. The minimum Gasteiger partial charge on any atom is -0.393 e. The van der Waals surface area contributed by atoms with E-state index in [4.69, 9.17) is 9.47 Å². The highest BCUT2D eigenvalue weighted by Gasteiger charge is 2.44. The molecular weight excluding hydrogens is 378 g/mol. The topological polar surface area (TPSA) is 62.2 Å². The van der Waals surface area contributed by atoms with Crippen molar-refractivity contribution in [3.63, 3.8) is 0 Å². The molecule has 0 aromatic rings. The van der Waals surface area contributed by atoms with E-state index in [1.165, 1.54) is 50.0 Å². The van der Waals surface area contributed by atoms with Gasteiger partial charge in [-0.2, -0.15) is 5.06 Å². The molecule has 0 aromatic carbocycles. The number of hydroxylamine groups is 2. The normalized spacial score (nSPS) is 29.0. The quantitative estimate of drug-likeness (QED) is 0.488. The van der Waals surface area contributed by atoms with Gasteiger partial charge in [0.15, 0.2) is 0 Å². The van der Waals surface area contributed by atoms with Gasteiger partial charge in [-0.1, -0.05) is 26.7 Å². The molecule has 1 heterocycles. The number of ether oxygens (including phenoxy) is 2. The van der Waals surface area contributed by atoms with E-state index in [0.717, 1.165) is 6.42 Å². The highest BCUT2D eigenvalue weighted by molar-refractivity contribution is 4.95. The zero-order valence-corrected chi connectivity index (χ0v) is 21.1. The van der Waals surface area contributed by atoms with Crippen molar-refractivity contribution >= 4 is 0 Å². The van der Waals surface area contributed by atoms with E-state index in [2.05, 4.69) is 27.7 Å². The number of piperidine rings is 1. The minimum atomic E-state index is -0.318. The molecule has 0 amide bonds. The first kappa shape index (κ1) is 27.8. The Morgan fingerprint density at radius 3 is 1.70 bits per heavy atom. The molecule has 2 atom stereocenters. The molecule has 5 heteroatoms. The van der Waals surface area contributed by atoms with Crippen LogP contribution in [0.25, 0.3) is 0 Å². The lowest BCUT2D eigenvalue weighted by Crippen LogP contribution is -2.60. The fraction of sp³-hybridized carbons (Fsp3) is 1.00. The predicted octanol–water partition coefficient (Wildman–Crippen LogP) is 6.10. The van der Waals surface area contributed by atoms with Crippen molar-refractivity contribution in [2.24, 2.45) is 0 Å². The lowest BCUT2D eigenvalue weighted by Gasteiger charge is -2.50. The summed E-state index contributed by atoms with van der Waals surface area (Å²) in [5.74, 6) is 0. The van der Waals surface area contributed by atoms with E-state index in [1.54, 1.807) is 0 Å². The largest absolute Gasteiger partial charge is 0.393 e. The number of hydrogen-bond acceptors (Lipinski definition) is 5. The summed E-state index contributed by atoms with van der Waals surface area (Å²) in [4.78, 5) is 0. The molecule has 0 aromatic heterocycles. The third-order valence-corrected chi connectivity index (χ3v) is 6.63. The van der Waals surface area contributed by atoms with E-state index in [9.17, 15) is 10.3 Å². The van der Waals surface area contributed by atoms with Gasteiger partial charge in [-0.05, 0) is 92.9 Å². The van der Waals surface area contributed by atoms with Crippen LogP contribution in [0.3, 0.4) is 0 Å². The highest BCUT2D eigenvalue weighted by Crippen LogP contribution is 2.36. The molecule has 2 unspecified atom stereocenters. The molecule has 2 N–H and O–H groups in total. The van der Waals surface area contributed by atoms with Crippen LogP contribution in [0.1, 0.15) is 120 Å². The van der Waals surface area contributed by atoms with Crippen molar-refractivity contribution in [1.29, 1.82) is 0 Å². The molecule has 2 fully saturated rings. The first-order valence-corrected chi connectivity index (χ1v) is 12.4. The van der Waals surface area contributed by atoms with E-state index in [0.29, 0.717) is 37.3 Å². The summed E-state index contributed by atoms with van der Waals surface area (Å²) in [7, 11) is 0. The Morgan fingerprint density at radius 2 is 1.30 bits per heavy atom. The third kappa shape index (κ3) is 9.52. The molecule has 180 valence electrons. The van der Waals surface area contributed by atoms with E-state index in [-0.39, 0.29) is 17.2 Å². The van der Waals surface area contributed by atoms with Crippen LogP contribution >= 0.6 is 0 Å². The van der Waals surface area contributed by atoms with Gasteiger partial charge in [0.05, 0.1) is 30.5 Å². The van der Waals surface area contributed by atoms with Gasteiger partial charge in [0.25, 0.3) is 0 Å². The zero-order chi connectivity index (χ0) is 22.9. The van der Waals surface area contributed by atoms with Crippen LogP contribution in [-0.4, -0.2) is 57.0 Å². The van der Waals surface area contributed by atoms with Crippen LogP contribution in [0.2, 0.25) is 0 Å². The van der Waals surface area contributed by atoms with Gasteiger partial charge in [0.2, 0.25) is 0 Å². The second-order valence-corrected chi connectivity index (χ2v) is 10.8. The molecule has 30 heavy (non-hydrogen) atoms. The third-order valence-electron chi connectivity index (χ3n) is 6.63. The molecule has 2 aliphatic rings. The molecule has 1 saturated carbocycles. The van der Waals surface area contributed by atoms with Crippen LogP contribution < -0.4 is 0 Å². The highest BCUT2D eigenvalue weighted by atomic mass is 16.5. The van der Waals surface area contributed by atoms with Crippen molar-refractivity contribution in [1.82, 2.24) is 5.06 Å². The Balaban J connectivity index is 0.000000325. The van der Waals surface area contributed by atoms with Crippen LogP contribution in [-0.2, 0) is 9.47 Å². The van der Waals surface area contributed by atoms with Gasteiger partial charge in [0, 0.05) is 11.1 Å². The summed E-state index contributed by atoms with van der Waals surface area (Å²) >= 11 is 0.